The number of aromatic nitrogens is 2. The predicted molar refractivity (Wildman–Crippen MR) is 90.4 cm³/mol. The molecule has 134 valence electrons. The lowest BCUT2D eigenvalue weighted by atomic mass is 10.1. The Morgan fingerprint density at radius 3 is 2.35 bits per heavy atom. The molecular formula is C18H12ClF3N2O2. The summed E-state index contributed by atoms with van der Waals surface area (Å²) in [6.07, 6.45) is -4.60. The van der Waals surface area contributed by atoms with Crippen molar-refractivity contribution < 1.29 is 22.7 Å². The first kappa shape index (κ1) is 18.0. The van der Waals surface area contributed by atoms with Crippen molar-refractivity contribution in [3.63, 3.8) is 0 Å². The van der Waals surface area contributed by atoms with Crippen molar-refractivity contribution in [3.05, 3.63) is 70.9 Å². The lowest BCUT2D eigenvalue weighted by Gasteiger charge is -2.09. The lowest BCUT2D eigenvalue weighted by molar-refractivity contribution is -0.141. The average Bonchev–Trinajstić information content (AvgIpc) is 3.07. The summed E-state index contributed by atoms with van der Waals surface area (Å²) in [5, 5.41) is 3.94. The standard InChI is InChI=1S/C18H12ClF3N2O2/c1-26-17(25)12-8-6-11(7-9-12)15-10-16(18(20,21)22)23-24(15)14-5-3-2-4-13(14)19/h2-10H,1H3. The van der Waals surface area contributed by atoms with Crippen LogP contribution in [0.5, 0.6) is 0 Å². The minimum atomic E-state index is -4.60. The monoisotopic (exact) mass is 380 g/mol. The van der Waals surface area contributed by atoms with Crippen molar-refractivity contribution in [2.45, 2.75) is 6.18 Å². The second kappa shape index (κ2) is 6.84. The van der Waals surface area contributed by atoms with E-state index in [1.165, 1.54) is 31.4 Å². The number of esters is 1. The van der Waals surface area contributed by atoms with Crippen LogP contribution in [0.25, 0.3) is 16.9 Å². The molecule has 0 aliphatic carbocycles. The molecule has 1 aromatic heterocycles. The summed E-state index contributed by atoms with van der Waals surface area (Å²) in [5.74, 6) is -0.535. The fourth-order valence-electron chi connectivity index (χ4n) is 2.43. The minimum Gasteiger partial charge on any atom is -0.465 e. The van der Waals surface area contributed by atoms with Crippen LogP contribution in [-0.2, 0) is 10.9 Å². The van der Waals surface area contributed by atoms with Gasteiger partial charge < -0.3 is 4.74 Å². The summed E-state index contributed by atoms with van der Waals surface area (Å²) in [7, 11) is 1.25. The molecule has 3 aromatic rings. The third-order valence-electron chi connectivity index (χ3n) is 3.68. The molecule has 0 unspecified atom stereocenters. The van der Waals surface area contributed by atoms with Gasteiger partial charge in [0.2, 0.25) is 0 Å². The van der Waals surface area contributed by atoms with Gasteiger partial charge in [0, 0.05) is 5.56 Å². The molecule has 1 heterocycles. The number of alkyl halides is 3. The largest absolute Gasteiger partial charge is 0.465 e. The van der Waals surface area contributed by atoms with E-state index in [2.05, 4.69) is 9.84 Å². The maximum atomic E-state index is 13.2. The van der Waals surface area contributed by atoms with E-state index < -0.39 is 17.8 Å². The minimum absolute atomic E-state index is 0.196. The van der Waals surface area contributed by atoms with Crippen LogP contribution in [0, 0.1) is 0 Å². The van der Waals surface area contributed by atoms with Crippen molar-refractivity contribution in [2.75, 3.05) is 7.11 Å². The first-order valence-electron chi connectivity index (χ1n) is 7.42. The number of carbonyl (C=O) groups excluding carboxylic acids is 1. The average molecular weight is 381 g/mol. The molecule has 0 amide bonds. The quantitative estimate of drug-likeness (QED) is 0.601. The van der Waals surface area contributed by atoms with Gasteiger partial charge in [0.15, 0.2) is 5.69 Å². The highest BCUT2D eigenvalue weighted by atomic mass is 35.5. The van der Waals surface area contributed by atoms with Gasteiger partial charge in [-0.2, -0.15) is 18.3 Å². The number of hydrogen-bond acceptors (Lipinski definition) is 3. The Morgan fingerprint density at radius 2 is 1.77 bits per heavy atom. The molecule has 0 N–H and O–H groups in total. The van der Waals surface area contributed by atoms with E-state index in [-0.39, 0.29) is 16.3 Å². The van der Waals surface area contributed by atoms with E-state index in [9.17, 15) is 18.0 Å². The van der Waals surface area contributed by atoms with Gasteiger partial charge in [0.05, 0.1) is 29.1 Å². The van der Waals surface area contributed by atoms with Crippen LogP contribution in [0.3, 0.4) is 0 Å². The summed E-state index contributed by atoms with van der Waals surface area (Å²) >= 11 is 6.12. The number of carbonyl (C=O) groups is 1. The van der Waals surface area contributed by atoms with Gasteiger partial charge in [0.25, 0.3) is 0 Å². The highest BCUT2D eigenvalue weighted by Gasteiger charge is 2.35. The molecule has 0 atom stereocenters. The zero-order valence-corrected chi connectivity index (χ0v) is 14.2. The zero-order chi connectivity index (χ0) is 18.9. The Balaban J connectivity index is 2.15. The first-order valence-corrected chi connectivity index (χ1v) is 7.80. The predicted octanol–water partition coefficient (Wildman–Crippen LogP) is 5.00. The molecule has 8 heteroatoms. The van der Waals surface area contributed by atoms with Crippen LogP contribution in [-0.4, -0.2) is 22.9 Å². The molecule has 0 aliphatic heterocycles. The van der Waals surface area contributed by atoms with Crippen LogP contribution < -0.4 is 0 Å². The number of benzene rings is 2. The lowest BCUT2D eigenvalue weighted by Crippen LogP contribution is -2.07. The third-order valence-corrected chi connectivity index (χ3v) is 4.00. The van der Waals surface area contributed by atoms with Crippen molar-refractivity contribution in [2.24, 2.45) is 0 Å². The highest BCUT2D eigenvalue weighted by molar-refractivity contribution is 6.32. The van der Waals surface area contributed by atoms with Crippen LogP contribution >= 0.6 is 11.6 Å². The second-order valence-corrected chi connectivity index (χ2v) is 5.75. The Morgan fingerprint density at radius 1 is 1.12 bits per heavy atom. The molecular weight excluding hydrogens is 369 g/mol. The molecule has 0 bridgehead atoms. The van der Waals surface area contributed by atoms with Crippen molar-refractivity contribution in [1.82, 2.24) is 9.78 Å². The number of rotatable bonds is 3. The van der Waals surface area contributed by atoms with E-state index in [1.54, 1.807) is 24.3 Å². The van der Waals surface area contributed by atoms with Gasteiger partial charge in [0.1, 0.15) is 0 Å². The van der Waals surface area contributed by atoms with E-state index in [1.807, 2.05) is 0 Å². The van der Waals surface area contributed by atoms with Crippen molar-refractivity contribution >= 4 is 17.6 Å². The van der Waals surface area contributed by atoms with Crippen LogP contribution in [0.2, 0.25) is 5.02 Å². The van der Waals surface area contributed by atoms with Crippen LogP contribution in [0.15, 0.2) is 54.6 Å². The molecule has 0 saturated heterocycles. The Kier molecular flexibility index (Phi) is 4.73. The summed E-state index contributed by atoms with van der Waals surface area (Å²) in [5.41, 5.74) is 0.208. The van der Waals surface area contributed by atoms with E-state index in [0.717, 1.165) is 10.7 Å². The molecule has 3 rings (SSSR count). The number of para-hydroxylation sites is 1. The van der Waals surface area contributed by atoms with Gasteiger partial charge >= 0.3 is 12.1 Å². The van der Waals surface area contributed by atoms with Crippen LogP contribution in [0.4, 0.5) is 13.2 Å². The summed E-state index contributed by atoms with van der Waals surface area (Å²) < 4.78 is 45.2. The Labute approximate surface area is 151 Å². The molecule has 4 nitrogen and oxygen atoms in total. The fourth-order valence-corrected chi connectivity index (χ4v) is 2.64. The molecule has 0 aliphatic rings. The maximum absolute atomic E-state index is 13.2. The van der Waals surface area contributed by atoms with Gasteiger partial charge in [-0.15, -0.1) is 0 Å². The number of nitrogens with zero attached hydrogens (tertiary/aromatic N) is 2. The molecule has 0 fully saturated rings. The summed E-state index contributed by atoms with van der Waals surface area (Å²) in [6.45, 7) is 0. The maximum Gasteiger partial charge on any atom is 0.435 e. The van der Waals surface area contributed by atoms with E-state index >= 15 is 0 Å². The molecule has 2 aromatic carbocycles. The summed E-state index contributed by atoms with van der Waals surface area (Å²) in [4.78, 5) is 11.5. The summed E-state index contributed by atoms with van der Waals surface area (Å²) in [6, 6.07) is 13.4. The molecule has 0 spiro atoms. The number of ether oxygens (including phenoxy) is 1. The van der Waals surface area contributed by atoms with Gasteiger partial charge in [-0.3, -0.25) is 0 Å². The third kappa shape index (κ3) is 3.43. The number of methoxy groups -OCH3 is 1. The van der Waals surface area contributed by atoms with E-state index in [0.29, 0.717) is 11.3 Å². The fraction of sp³-hybridized carbons (Fsp3) is 0.111. The normalized spacial score (nSPS) is 11.4. The topological polar surface area (TPSA) is 44.1 Å². The second-order valence-electron chi connectivity index (χ2n) is 5.34. The zero-order valence-electron chi connectivity index (χ0n) is 13.4. The van der Waals surface area contributed by atoms with Gasteiger partial charge in [-0.05, 0) is 30.3 Å². The van der Waals surface area contributed by atoms with E-state index in [4.69, 9.17) is 11.6 Å². The Bertz CT molecular complexity index is 950. The first-order chi connectivity index (χ1) is 12.3. The van der Waals surface area contributed by atoms with Crippen molar-refractivity contribution in [1.29, 1.82) is 0 Å². The molecule has 26 heavy (non-hydrogen) atoms. The Hall–Kier alpha value is -2.80. The van der Waals surface area contributed by atoms with Gasteiger partial charge in [-0.1, -0.05) is 35.9 Å². The highest BCUT2D eigenvalue weighted by Crippen LogP contribution is 2.34. The van der Waals surface area contributed by atoms with Gasteiger partial charge in [-0.25, -0.2) is 9.48 Å². The number of halogens is 4. The van der Waals surface area contributed by atoms with Crippen LogP contribution in [0.1, 0.15) is 16.1 Å². The number of hydrogen-bond donors (Lipinski definition) is 0. The molecule has 0 saturated carbocycles. The SMILES string of the molecule is COC(=O)c1ccc(-c2cc(C(F)(F)F)nn2-c2ccccc2Cl)cc1. The smallest absolute Gasteiger partial charge is 0.435 e. The molecule has 0 radical (unpaired) electrons. The van der Waals surface area contributed by atoms with Crippen molar-refractivity contribution in [3.8, 4) is 16.9 Å².